The Labute approximate surface area is 155 Å². The molecule has 0 bridgehead atoms. The molecule has 3 rings (SSSR count). The average Bonchev–Trinajstić information content (AvgIpc) is 2.69. The van der Waals surface area contributed by atoms with Crippen molar-refractivity contribution in [3.63, 3.8) is 0 Å². The minimum absolute atomic E-state index is 0.0528. The molecule has 0 spiro atoms. The Morgan fingerprint density at radius 2 is 1.73 bits per heavy atom. The Morgan fingerprint density at radius 1 is 1.04 bits per heavy atom. The molecule has 2 fully saturated rings. The third kappa shape index (κ3) is 4.43. The van der Waals surface area contributed by atoms with Gasteiger partial charge in [-0.05, 0) is 56.2 Å². The van der Waals surface area contributed by atoms with Crippen molar-refractivity contribution < 1.29 is 14.0 Å². The molecule has 0 aliphatic carbocycles. The lowest BCUT2D eigenvalue weighted by Gasteiger charge is -2.39. The predicted octanol–water partition coefficient (Wildman–Crippen LogP) is 3.40. The van der Waals surface area contributed by atoms with E-state index in [4.69, 9.17) is 0 Å². The van der Waals surface area contributed by atoms with E-state index in [-0.39, 0.29) is 17.6 Å². The SMILES string of the molecule is CCC1CCCCN1C(=O)C1CCN(C(=O)Cc2ccc(F)cc2)CC1. The maximum Gasteiger partial charge on any atom is 0.226 e. The van der Waals surface area contributed by atoms with Crippen LogP contribution in [-0.4, -0.2) is 47.3 Å². The Hall–Kier alpha value is -1.91. The van der Waals surface area contributed by atoms with Crippen LogP contribution in [0, 0.1) is 11.7 Å². The standard InChI is InChI=1S/C21H29FN2O2/c1-2-19-5-3-4-12-24(19)21(26)17-10-13-23(14-11-17)20(25)15-16-6-8-18(22)9-7-16/h6-9,17,19H,2-5,10-15H2,1H3. The van der Waals surface area contributed by atoms with Gasteiger partial charge >= 0.3 is 0 Å². The third-order valence-corrected chi connectivity index (χ3v) is 5.85. The van der Waals surface area contributed by atoms with E-state index in [1.165, 1.54) is 18.6 Å². The molecule has 1 aromatic carbocycles. The lowest BCUT2D eigenvalue weighted by Crippen LogP contribution is -2.49. The van der Waals surface area contributed by atoms with Crippen molar-refractivity contribution in [2.45, 2.75) is 57.9 Å². The van der Waals surface area contributed by atoms with Gasteiger partial charge < -0.3 is 9.80 Å². The number of likely N-dealkylation sites (tertiary alicyclic amines) is 2. The second-order valence-corrected chi connectivity index (χ2v) is 7.55. The summed E-state index contributed by atoms with van der Waals surface area (Å²) in [5.74, 6) is 0.120. The van der Waals surface area contributed by atoms with Gasteiger partial charge in [0.05, 0.1) is 6.42 Å². The fourth-order valence-corrected chi connectivity index (χ4v) is 4.21. The monoisotopic (exact) mass is 360 g/mol. The molecule has 0 N–H and O–H groups in total. The second-order valence-electron chi connectivity index (χ2n) is 7.55. The molecule has 26 heavy (non-hydrogen) atoms. The van der Waals surface area contributed by atoms with Crippen molar-refractivity contribution >= 4 is 11.8 Å². The minimum Gasteiger partial charge on any atom is -0.342 e. The van der Waals surface area contributed by atoms with E-state index in [0.717, 1.165) is 44.2 Å². The number of hydrogen-bond acceptors (Lipinski definition) is 2. The molecule has 142 valence electrons. The van der Waals surface area contributed by atoms with Gasteiger partial charge in [-0.1, -0.05) is 19.1 Å². The fraction of sp³-hybridized carbons (Fsp3) is 0.619. The van der Waals surface area contributed by atoms with Crippen LogP contribution in [0.4, 0.5) is 4.39 Å². The predicted molar refractivity (Wildman–Crippen MR) is 99.1 cm³/mol. The van der Waals surface area contributed by atoms with E-state index in [1.807, 2.05) is 4.90 Å². The van der Waals surface area contributed by atoms with Crippen molar-refractivity contribution in [2.75, 3.05) is 19.6 Å². The van der Waals surface area contributed by atoms with Crippen LogP contribution >= 0.6 is 0 Å². The Bertz CT molecular complexity index is 623. The first kappa shape index (κ1) is 18.9. The molecule has 2 saturated heterocycles. The summed E-state index contributed by atoms with van der Waals surface area (Å²) in [4.78, 5) is 29.3. The lowest BCUT2D eigenvalue weighted by atomic mass is 9.91. The smallest absolute Gasteiger partial charge is 0.226 e. The van der Waals surface area contributed by atoms with E-state index in [2.05, 4.69) is 11.8 Å². The van der Waals surface area contributed by atoms with Gasteiger partial charge in [0.2, 0.25) is 11.8 Å². The number of carbonyl (C=O) groups is 2. The van der Waals surface area contributed by atoms with Gasteiger partial charge in [-0.25, -0.2) is 4.39 Å². The number of amides is 2. The zero-order valence-corrected chi connectivity index (χ0v) is 15.6. The zero-order valence-electron chi connectivity index (χ0n) is 15.6. The van der Waals surface area contributed by atoms with Crippen LogP contribution in [0.2, 0.25) is 0 Å². The van der Waals surface area contributed by atoms with E-state index in [0.29, 0.717) is 31.5 Å². The quantitative estimate of drug-likeness (QED) is 0.826. The molecule has 1 atom stereocenters. The second kappa shape index (κ2) is 8.65. The summed E-state index contributed by atoms with van der Waals surface area (Å²) in [6.45, 7) is 4.33. The van der Waals surface area contributed by atoms with Gasteiger partial charge in [-0.15, -0.1) is 0 Å². The van der Waals surface area contributed by atoms with Gasteiger partial charge in [0, 0.05) is 31.6 Å². The molecule has 0 saturated carbocycles. The van der Waals surface area contributed by atoms with Crippen LogP contribution in [0.25, 0.3) is 0 Å². The van der Waals surface area contributed by atoms with Crippen LogP contribution in [0.15, 0.2) is 24.3 Å². The van der Waals surface area contributed by atoms with E-state index < -0.39 is 0 Å². The highest BCUT2D eigenvalue weighted by Crippen LogP contribution is 2.26. The lowest BCUT2D eigenvalue weighted by molar-refractivity contribution is -0.143. The van der Waals surface area contributed by atoms with E-state index in [9.17, 15) is 14.0 Å². The molecule has 1 aromatic rings. The molecule has 2 amide bonds. The van der Waals surface area contributed by atoms with Gasteiger partial charge in [0.15, 0.2) is 0 Å². The number of carbonyl (C=O) groups excluding carboxylic acids is 2. The summed E-state index contributed by atoms with van der Waals surface area (Å²) in [5.41, 5.74) is 0.828. The topological polar surface area (TPSA) is 40.6 Å². The highest BCUT2D eigenvalue weighted by molar-refractivity contribution is 5.81. The summed E-state index contributed by atoms with van der Waals surface area (Å²) in [6, 6.07) is 6.48. The zero-order chi connectivity index (χ0) is 18.5. The number of benzene rings is 1. The maximum absolute atomic E-state index is 13.0. The van der Waals surface area contributed by atoms with Gasteiger partial charge in [0.25, 0.3) is 0 Å². The molecule has 0 radical (unpaired) electrons. The third-order valence-electron chi connectivity index (χ3n) is 5.85. The highest BCUT2D eigenvalue weighted by atomic mass is 19.1. The molecule has 5 heteroatoms. The van der Waals surface area contributed by atoms with Gasteiger partial charge in [-0.3, -0.25) is 9.59 Å². The molecular weight excluding hydrogens is 331 g/mol. The van der Waals surface area contributed by atoms with Crippen LogP contribution in [0.1, 0.15) is 51.0 Å². The number of piperidine rings is 2. The largest absolute Gasteiger partial charge is 0.342 e. The minimum atomic E-state index is -0.288. The Balaban J connectivity index is 1.51. The molecule has 2 aliphatic rings. The first-order chi connectivity index (χ1) is 12.6. The molecule has 2 aliphatic heterocycles. The van der Waals surface area contributed by atoms with E-state index in [1.54, 1.807) is 12.1 Å². The summed E-state index contributed by atoms with van der Waals surface area (Å²) >= 11 is 0. The summed E-state index contributed by atoms with van der Waals surface area (Å²) in [5, 5.41) is 0. The molecule has 4 nitrogen and oxygen atoms in total. The normalized spacial score (nSPS) is 21.7. The molecule has 2 heterocycles. The maximum atomic E-state index is 13.0. The molecular formula is C21H29FN2O2. The Kier molecular flexibility index (Phi) is 6.28. The summed E-state index contributed by atoms with van der Waals surface area (Å²) in [6.07, 6.45) is 6.28. The van der Waals surface area contributed by atoms with Crippen LogP contribution in [-0.2, 0) is 16.0 Å². The first-order valence-electron chi connectivity index (χ1n) is 9.91. The van der Waals surface area contributed by atoms with Gasteiger partial charge in [0.1, 0.15) is 5.82 Å². The number of halogens is 1. The molecule has 0 aromatic heterocycles. The number of nitrogens with zero attached hydrogens (tertiary/aromatic N) is 2. The Morgan fingerprint density at radius 3 is 2.38 bits per heavy atom. The van der Waals surface area contributed by atoms with Crippen LogP contribution in [0.5, 0.6) is 0 Å². The van der Waals surface area contributed by atoms with Crippen molar-refractivity contribution in [2.24, 2.45) is 5.92 Å². The fourth-order valence-electron chi connectivity index (χ4n) is 4.21. The number of hydrogen-bond donors (Lipinski definition) is 0. The average molecular weight is 360 g/mol. The molecule has 1 unspecified atom stereocenters. The van der Waals surface area contributed by atoms with Crippen molar-refractivity contribution in [1.29, 1.82) is 0 Å². The van der Waals surface area contributed by atoms with Crippen molar-refractivity contribution in [1.82, 2.24) is 9.80 Å². The first-order valence-corrected chi connectivity index (χ1v) is 9.91. The van der Waals surface area contributed by atoms with Crippen LogP contribution in [0.3, 0.4) is 0 Å². The number of rotatable bonds is 4. The van der Waals surface area contributed by atoms with Gasteiger partial charge in [-0.2, -0.15) is 0 Å². The van der Waals surface area contributed by atoms with Crippen molar-refractivity contribution in [3.05, 3.63) is 35.6 Å². The summed E-state index contributed by atoms with van der Waals surface area (Å²) < 4.78 is 13.0. The van der Waals surface area contributed by atoms with Crippen LogP contribution < -0.4 is 0 Å². The van der Waals surface area contributed by atoms with Crippen molar-refractivity contribution in [3.8, 4) is 0 Å². The highest BCUT2D eigenvalue weighted by Gasteiger charge is 2.33. The summed E-state index contributed by atoms with van der Waals surface area (Å²) in [7, 11) is 0. The van der Waals surface area contributed by atoms with E-state index >= 15 is 0 Å².